The molecule has 2 aromatic rings. The molecule has 9 nitrogen and oxygen atoms in total. The molecule has 2 N–H and O–H groups in total. The van der Waals surface area contributed by atoms with Crippen LogP contribution >= 0.6 is 0 Å². The van der Waals surface area contributed by atoms with Crippen LogP contribution in [0.2, 0.25) is 0 Å². The van der Waals surface area contributed by atoms with E-state index in [1.807, 2.05) is 18.2 Å². The van der Waals surface area contributed by atoms with Crippen molar-refractivity contribution < 1.29 is 28.7 Å². The van der Waals surface area contributed by atoms with E-state index in [4.69, 9.17) is 9.47 Å². The predicted octanol–water partition coefficient (Wildman–Crippen LogP) is 2.68. The molecule has 0 bridgehead atoms. The van der Waals surface area contributed by atoms with Crippen LogP contribution in [-0.4, -0.2) is 47.4 Å². The maximum atomic E-state index is 12.2. The van der Waals surface area contributed by atoms with E-state index in [0.29, 0.717) is 17.2 Å². The summed E-state index contributed by atoms with van der Waals surface area (Å²) in [6, 6.07) is 15.4. The van der Waals surface area contributed by atoms with Crippen molar-refractivity contribution in [2.24, 2.45) is 0 Å². The van der Waals surface area contributed by atoms with E-state index in [-0.39, 0.29) is 13.0 Å². The van der Waals surface area contributed by atoms with E-state index in [1.165, 1.54) is 0 Å². The maximum Gasteiger partial charge on any atom is 0.325 e. The van der Waals surface area contributed by atoms with Gasteiger partial charge in [-0.15, -0.1) is 0 Å². The van der Waals surface area contributed by atoms with Crippen molar-refractivity contribution in [2.45, 2.75) is 25.8 Å². The van der Waals surface area contributed by atoms with Gasteiger partial charge in [0.2, 0.25) is 0 Å². The van der Waals surface area contributed by atoms with Crippen molar-refractivity contribution in [3.8, 4) is 11.5 Å². The van der Waals surface area contributed by atoms with Crippen molar-refractivity contribution in [2.75, 3.05) is 18.5 Å². The third kappa shape index (κ3) is 5.59. The summed E-state index contributed by atoms with van der Waals surface area (Å²) in [7, 11) is 0. The lowest BCUT2D eigenvalue weighted by molar-refractivity contribution is -0.147. The number of esters is 1. The minimum atomic E-state index is -1.00. The molecule has 0 spiro atoms. The first-order valence-corrected chi connectivity index (χ1v) is 9.68. The van der Waals surface area contributed by atoms with Crippen LogP contribution in [-0.2, 0) is 19.1 Å². The second-order valence-electron chi connectivity index (χ2n) is 7.38. The number of anilines is 1. The largest absolute Gasteiger partial charge is 0.456 e. The number of ether oxygens (including phenoxy) is 2. The maximum absolute atomic E-state index is 12.2. The normalized spacial score (nSPS) is 14.7. The Kier molecular flexibility index (Phi) is 6.54. The molecule has 0 radical (unpaired) electrons. The molecule has 1 saturated heterocycles. The molecule has 1 heterocycles. The van der Waals surface area contributed by atoms with Gasteiger partial charge in [-0.05, 0) is 38.1 Å². The topological polar surface area (TPSA) is 114 Å². The van der Waals surface area contributed by atoms with E-state index in [0.717, 1.165) is 4.90 Å². The molecule has 0 aromatic heterocycles. The van der Waals surface area contributed by atoms with Crippen LogP contribution in [0.25, 0.3) is 0 Å². The van der Waals surface area contributed by atoms with Gasteiger partial charge in [0.25, 0.3) is 11.8 Å². The summed E-state index contributed by atoms with van der Waals surface area (Å²) in [4.78, 5) is 49.0. The van der Waals surface area contributed by atoms with Crippen LogP contribution < -0.4 is 15.4 Å². The standard InChI is InChI=1S/C22H23N3O6/c1-22(2)20(28)25(21(29)24-22)13-12-19(27)30-14-18(26)23-16-10-6-7-11-17(16)31-15-8-4-3-5-9-15/h3-11H,12-14H2,1-2H3,(H,23,26)(H,24,29). The van der Waals surface area contributed by atoms with Gasteiger partial charge in [0, 0.05) is 6.54 Å². The fraction of sp³-hybridized carbons (Fsp3) is 0.273. The van der Waals surface area contributed by atoms with Gasteiger partial charge in [-0.3, -0.25) is 19.3 Å². The number of para-hydroxylation sites is 3. The summed E-state index contributed by atoms with van der Waals surface area (Å²) in [5.41, 5.74) is -0.579. The Labute approximate surface area is 179 Å². The first-order chi connectivity index (χ1) is 14.8. The molecular weight excluding hydrogens is 402 g/mol. The molecule has 0 atom stereocenters. The second kappa shape index (κ2) is 9.29. The first-order valence-electron chi connectivity index (χ1n) is 9.68. The monoisotopic (exact) mass is 425 g/mol. The second-order valence-corrected chi connectivity index (χ2v) is 7.38. The van der Waals surface area contributed by atoms with Crippen molar-refractivity contribution in [3.05, 3.63) is 54.6 Å². The van der Waals surface area contributed by atoms with Crippen LogP contribution in [0.15, 0.2) is 54.6 Å². The number of rotatable bonds is 8. The van der Waals surface area contributed by atoms with Crippen molar-refractivity contribution in [1.82, 2.24) is 10.2 Å². The molecule has 1 aliphatic heterocycles. The molecule has 0 unspecified atom stereocenters. The highest BCUT2D eigenvalue weighted by molar-refractivity contribution is 6.06. The molecule has 0 saturated carbocycles. The molecule has 3 rings (SSSR count). The van der Waals surface area contributed by atoms with Gasteiger partial charge in [0.1, 0.15) is 11.3 Å². The summed E-state index contributed by atoms with van der Waals surface area (Å²) in [5.74, 6) is -0.616. The Balaban J connectivity index is 1.48. The van der Waals surface area contributed by atoms with Gasteiger partial charge < -0.3 is 20.1 Å². The van der Waals surface area contributed by atoms with Gasteiger partial charge in [-0.2, -0.15) is 0 Å². The zero-order valence-electron chi connectivity index (χ0n) is 17.2. The molecule has 0 aliphatic carbocycles. The zero-order valence-corrected chi connectivity index (χ0v) is 17.2. The fourth-order valence-electron chi connectivity index (χ4n) is 2.90. The number of amides is 4. The number of carbonyl (C=O) groups is 4. The Morgan fingerprint density at radius 3 is 2.39 bits per heavy atom. The highest BCUT2D eigenvalue weighted by Gasteiger charge is 2.44. The number of nitrogens with zero attached hydrogens (tertiary/aromatic N) is 1. The summed E-state index contributed by atoms with van der Waals surface area (Å²) >= 11 is 0. The number of hydrogen-bond donors (Lipinski definition) is 2. The van der Waals surface area contributed by atoms with Gasteiger partial charge in [0.15, 0.2) is 12.4 Å². The molecule has 31 heavy (non-hydrogen) atoms. The lowest BCUT2D eigenvalue weighted by Crippen LogP contribution is -2.40. The van der Waals surface area contributed by atoms with E-state index in [2.05, 4.69) is 10.6 Å². The summed E-state index contributed by atoms with van der Waals surface area (Å²) in [6.45, 7) is 2.52. The third-order valence-corrected chi connectivity index (χ3v) is 4.48. The van der Waals surface area contributed by atoms with E-state index in [9.17, 15) is 19.2 Å². The Morgan fingerprint density at radius 1 is 1.03 bits per heavy atom. The van der Waals surface area contributed by atoms with Crippen LogP contribution in [0.3, 0.4) is 0 Å². The van der Waals surface area contributed by atoms with Crippen molar-refractivity contribution in [3.63, 3.8) is 0 Å². The Hall–Kier alpha value is -3.88. The van der Waals surface area contributed by atoms with Crippen molar-refractivity contribution in [1.29, 1.82) is 0 Å². The van der Waals surface area contributed by atoms with Gasteiger partial charge in [0.05, 0.1) is 12.1 Å². The SMILES string of the molecule is CC1(C)NC(=O)N(CCC(=O)OCC(=O)Nc2ccccc2Oc2ccccc2)C1=O. The summed E-state index contributed by atoms with van der Waals surface area (Å²) in [6.07, 6.45) is -0.212. The van der Waals surface area contributed by atoms with Crippen LogP contribution in [0.1, 0.15) is 20.3 Å². The number of benzene rings is 2. The number of hydrogen-bond acceptors (Lipinski definition) is 6. The fourth-order valence-corrected chi connectivity index (χ4v) is 2.90. The van der Waals surface area contributed by atoms with Gasteiger partial charge in [-0.1, -0.05) is 30.3 Å². The molecule has 162 valence electrons. The van der Waals surface area contributed by atoms with E-state index in [1.54, 1.807) is 50.2 Å². The lowest BCUT2D eigenvalue weighted by Gasteiger charge is -2.15. The van der Waals surface area contributed by atoms with Crippen LogP contribution in [0, 0.1) is 0 Å². The summed E-state index contributed by atoms with van der Waals surface area (Å²) in [5, 5.41) is 5.16. The average molecular weight is 425 g/mol. The third-order valence-electron chi connectivity index (χ3n) is 4.48. The minimum absolute atomic E-state index is 0.123. The molecule has 2 aromatic carbocycles. The Bertz CT molecular complexity index is 990. The van der Waals surface area contributed by atoms with E-state index < -0.39 is 36.0 Å². The van der Waals surface area contributed by atoms with Gasteiger partial charge in [-0.25, -0.2) is 4.79 Å². The van der Waals surface area contributed by atoms with E-state index >= 15 is 0 Å². The summed E-state index contributed by atoms with van der Waals surface area (Å²) < 4.78 is 10.7. The zero-order chi connectivity index (χ0) is 22.4. The molecule has 4 amide bonds. The molecule has 9 heteroatoms. The number of carbonyl (C=O) groups excluding carboxylic acids is 4. The molecule has 1 aliphatic rings. The number of nitrogens with one attached hydrogen (secondary N) is 2. The molecular formula is C22H23N3O6. The highest BCUT2D eigenvalue weighted by atomic mass is 16.5. The number of urea groups is 1. The quantitative estimate of drug-likeness (QED) is 0.497. The lowest BCUT2D eigenvalue weighted by atomic mass is 10.1. The van der Waals surface area contributed by atoms with Gasteiger partial charge >= 0.3 is 12.0 Å². The smallest absolute Gasteiger partial charge is 0.325 e. The molecule has 1 fully saturated rings. The Morgan fingerprint density at radius 2 is 1.71 bits per heavy atom. The average Bonchev–Trinajstić information content (AvgIpc) is 2.93. The van der Waals surface area contributed by atoms with Crippen molar-refractivity contribution >= 4 is 29.5 Å². The predicted molar refractivity (Wildman–Crippen MR) is 111 cm³/mol. The number of imide groups is 1. The van der Waals surface area contributed by atoms with Crippen LogP contribution in [0.4, 0.5) is 10.5 Å². The minimum Gasteiger partial charge on any atom is -0.456 e. The van der Waals surface area contributed by atoms with Crippen LogP contribution in [0.5, 0.6) is 11.5 Å². The first kappa shape index (κ1) is 21.8. The highest BCUT2D eigenvalue weighted by Crippen LogP contribution is 2.29.